The number of rotatable bonds is 2. The average Bonchev–Trinajstić information content (AvgIpc) is 3.45. The van der Waals surface area contributed by atoms with Crippen LogP contribution >= 0.6 is 31.9 Å². The zero-order valence-electron chi connectivity index (χ0n) is 16.7. The second-order valence-corrected chi connectivity index (χ2v) is 8.46. The van der Waals surface area contributed by atoms with Gasteiger partial charge in [0.25, 0.3) is 0 Å². The van der Waals surface area contributed by atoms with Gasteiger partial charge < -0.3 is 0 Å². The van der Waals surface area contributed by atoms with Gasteiger partial charge in [-0.25, -0.2) is 0 Å². The van der Waals surface area contributed by atoms with E-state index in [1.54, 1.807) is 12.4 Å². The fraction of sp³-hybridized carbons (Fsp3) is 0. The van der Waals surface area contributed by atoms with Gasteiger partial charge >= 0.3 is 0 Å². The van der Waals surface area contributed by atoms with Crippen LogP contribution in [0.2, 0.25) is 0 Å². The van der Waals surface area contributed by atoms with Gasteiger partial charge in [-0.05, 0) is 80.4 Å². The second kappa shape index (κ2) is 10.4. The zero-order chi connectivity index (χ0) is 21.9. The molecule has 11 heteroatoms. The Morgan fingerprint density at radius 2 is 1.00 bits per heavy atom. The molecule has 6 aromatic rings. The molecular formula is C22H14Br2N8Pt. The van der Waals surface area contributed by atoms with Crippen molar-refractivity contribution in [3.05, 3.63) is 94.4 Å². The second-order valence-electron chi connectivity index (χ2n) is 6.63. The first kappa shape index (κ1) is 23.3. The summed E-state index contributed by atoms with van der Waals surface area (Å²) >= 11 is 6.71. The smallest absolute Gasteiger partial charge is 0.186 e. The van der Waals surface area contributed by atoms with Crippen molar-refractivity contribution in [2.75, 3.05) is 0 Å². The first-order chi connectivity index (χ1) is 15.7. The number of fused-ring (bicyclic) bond motifs is 2. The summed E-state index contributed by atoms with van der Waals surface area (Å²) < 4.78 is 5.72. The van der Waals surface area contributed by atoms with Crippen molar-refractivity contribution in [1.29, 1.82) is 0 Å². The molecule has 6 aromatic heterocycles. The summed E-state index contributed by atoms with van der Waals surface area (Å²) in [5.41, 5.74) is 3.26. The molecule has 0 bridgehead atoms. The third-order valence-electron chi connectivity index (χ3n) is 4.54. The van der Waals surface area contributed by atoms with E-state index in [0.29, 0.717) is 0 Å². The fourth-order valence-electron chi connectivity index (χ4n) is 3.05. The van der Waals surface area contributed by atoms with Gasteiger partial charge in [-0.2, -0.15) is 0 Å². The van der Waals surface area contributed by atoms with E-state index in [2.05, 4.69) is 62.2 Å². The number of pyridine rings is 4. The third-order valence-corrected chi connectivity index (χ3v) is 5.48. The molecule has 0 unspecified atom stereocenters. The van der Waals surface area contributed by atoms with Crippen LogP contribution in [0.4, 0.5) is 0 Å². The van der Waals surface area contributed by atoms with Crippen LogP contribution in [0, 0.1) is 0 Å². The van der Waals surface area contributed by atoms with Crippen molar-refractivity contribution in [1.82, 2.24) is 39.2 Å². The van der Waals surface area contributed by atoms with Gasteiger partial charge in [-0.3, -0.25) is 18.8 Å². The summed E-state index contributed by atoms with van der Waals surface area (Å²) in [7, 11) is 0. The van der Waals surface area contributed by atoms with E-state index in [4.69, 9.17) is 0 Å². The Morgan fingerprint density at radius 3 is 1.39 bits per heavy atom. The SMILES string of the molecule is Brc1ccc(-c2nnc3ccccn23)nc1.Brc1ccc(-c2nnc3ccccn23)nc1.[Pt]. The first-order valence-electron chi connectivity index (χ1n) is 9.52. The van der Waals surface area contributed by atoms with Crippen LogP contribution in [0.5, 0.6) is 0 Å². The van der Waals surface area contributed by atoms with Crippen LogP contribution in [-0.4, -0.2) is 39.2 Å². The van der Waals surface area contributed by atoms with E-state index in [1.165, 1.54) is 0 Å². The predicted octanol–water partition coefficient (Wildman–Crippen LogP) is 5.11. The van der Waals surface area contributed by atoms with Gasteiger partial charge in [-0.1, -0.05) is 12.1 Å². The van der Waals surface area contributed by atoms with Gasteiger partial charge in [0.2, 0.25) is 0 Å². The van der Waals surface area contributed by atoms with E-state index in [9.17, 15) is 0 Å². The molecule has 0 aliphatic heterocycles. The average molecular weight is 745 g/mol. The van der Waals surface area contributed by atoms with E-state index < -0.39 is 0 Å². The molecule has 0 aliphatic rings. The van der Waals surface area contributed by atoms with Crippen molar-refractivity contribution >= 4 is 43.2 Å². The van der Waals surface area contributed by atoms with Crippen molar-refractivity contribution in [2.45, 2.75) is 0 Å². The first-order valence-corrected chi connectivity index (χ1v) is 11.1. The molecule has 0 atom stereocenters. The molecule has 0 fully saturated rings. The van der Waals surface area contributed by atoms with E-state index in [1.807, 2.05) is 81.9 Å². The third kappa shape index (κ3) is 5.08. The van der Waals surface area contributed by atoms with E-state index in [-0.39, 0.29) is 21.1 Å². The number of halogens is 2. The van der Waals surface area contributed by atoms with Crippen LogP contribution in [0.3, 0.4) is 0 Å². The molecule has 0 aliphatic carbocycles. The van der Waals surface area contributed by atoms with Crippen molar-refractivity contribution in [3.63, 3.8) is 0 Å². The minimum atomic E-state index is 0. The maximum absolute atomic E-state index is 4.30. The number of hydrogen-bond acceptors (Lipinski definition) is 6. The van der Waals surface area contributed by atoms with Crippen LogP contribution in [0.25, 0.3) is 34.3 Å². The Bertz CT molecular complexity index is 1380. The van der Waals surface area contributed by atoms with Gasteiger partial charge in [0.1, 0.15) is 11.4 Å². The standard InChI is InChI=1S/2C11H7BrN4.Pt/c2*12-8-4-5-9(13-7-8)11-15-14-10-3-1-2-6-16(10)11;/h2*1-7H;. The Balaban J connectivity index is 0.000000152. The Morgan fingerprint density at radius 1 is 0.545 bits per heavy atom. The monoisotopic (exact) mass is 743 g/mol. The van der Waals surface area contributed by atoms with Crippen LogP contribution in [-0.2, 0) is 21.1 Å². The van der Waals surface area contributed by atoms with Crippen LogP contribution < -0.4 is 0 Å². The Hall–Kier alpha value is -2.81. The molecule has 0 amide bonds. The maximum atomic E-state index is 4.30. The largest absolute Gasteiger partial charge is 0.281 e. The summed E-state index contributed by atoms with van der Waals surface area (Å²) in [5, 5.41) is 16.4. The number of nitrogens with zero attached hydrogens (tertiary/aromatic N) is 8. The van der Waals surface area contributed by atoms with E-state index in [0.717, 1.165) is 43.3 Å². The molecule has 0 spiro atoms. The number of hydrogen-bond donors (Lipinski definition) is 0. The van der Waals surface area contributed by atoms with Gasteiger partial charge in [0, 0.05) is 54.8 Å². The van der Waals surface area contributed by atoms with Crippen LogP contribution in [0.1, 0.15) is 0 Å². The molecule has 0 aromatic carbocycles. The van der Waals surface area contributed by atoms with Crippen molar-refractivity contribution < 1.29 is 21.1 Å². The molecule has 6 heterocycles. The summed E-state index contributed by atoms with van der Waals surface area (Å²) in [6.45, 7) is 0. The van der Waals surface area contributed by atoms with Gasteiger partial charge in [0.15, 0.2) is 22.9 Å². The molecular weight excluding hydrogens is 731 g/mol. The molecule has 0 radical (unpaired) electrons. The predicted molar refractivity (Wildman–Crippen MR) is 128 cm³/mol. The summed E-state index contributed by atoms with van der Waals surface area (Å²) in [4.78, 5) is 8.60. The quantitative estimate of drug-likeness (QED) is 0.245. The minimum absolute atomic E-state index is 0. The molecule has 33 heavy (non-hydrogen) atoms. The van der Waals surface area contributed by atoms with Gasteiger partial charge in [0.05, 0.1) is 0 Å². The molecule has 6 rings (SSSR count). The number of aromatic nitrogens is 8. The van der Waals surface area contributed by atoms with Gasteiger partial charge in [-0.15, -0.1) is 20.4 Å². The van der Waals surface area contributed by atoms with Crippen molar-refractivity contribution in [2.24, 2.45) is 0 Å². The molecule has 8 nitrogen and oxygen atoms in total. The Labute approximate surface area is 219 Å². The normalized spacial score (nSPS) is 10.5. The maximum Gasteiger partial charge on any atom is 0.186 e. The van der Waals surface area contributed by atoms with Crippen molar-refractivity contribution in [3.8, 4) is 23.0 Å². The molecule has 0 N–H and O–H groups in total. The van der Waals surface area contributed by atoms with E-state index >= 15 is 0 Å². The Kier molecular flexibility index (Phi) is 7.37. The molecule has 0 saturated carbocycles. The minimum Gasteiger partial charge on any atom is -0.281 e. The summed E-state index contributed by atoms with van der Waals surface area (Å²) in [6, 6.07) is 19.3. The molecule has 0 saturated heterocycles. The van der Waals surface area contributed by atoms with Crippen LogP contribution in [0.15, 0.2) is 94.4 Å². The summed E-state index contributed by atoms with van der Waals surface area (Å²) in [5.74, 6) is 1.51. The zero-order valence-corrected chi connectivity index (χ0v) is 22.2. The topological polar surface area (TPSA) is 86.2 Å². The molecule has 166 valence electrons. The fourth-order valence-corrected chi connectivity index (χ4v) is 3.52. The summed E-state index contributed by atoms with van der Waals surface area (Å²) in [6.07, 6.45) is 7.35.